The lowest BCUT2D eigenvalue weighted by Crippen LogP contribution is -2.46. The average Bonchev–Trinajstić information content (AvgIpc) is 3.76. The van der Waals surface area contributed by atoms with Gasteiger partial charge in [-0.1, -0.05) is 36.4 Å². The molecule has 0 spiro atoms. The number of amides is 3. The topological polar surface area (TPSA) is 70.6 Å². The SMILES string of the molecule is CN(C(=O)C[C@]1(c2ccccc2)CC(=O)N(CCc2ccccn2)C1=O)C(C1CC1)C1CC1. The quantitative estimate of drug-likeness (QED) is 0.555. The first-order valence-electron chi connectivity index (χ1n) is 12.1. The van der Waals surface area contributed by atoms with Crippen molar-refractivity contribution in [2.45, 2.75) is 56.4 Å². The number of nitrogens with zero attached hydrogens (tertiary/aromatic N) is 3. The number of hydrogen-bond acceptors (Lipinski definition) is 4. The van der Waals surface area contributed by atoms with Crippen LogP contribution in [0, 0.1) is 11.8 Å². The summed E-state index contributed by atoms with van der Waals surface area (Å²) in [5.74, 6) is 0.683. The third-order valence-electron chi connectivity index (χ3n) is 7.56. The second-order valence-electron chi connectivity index (χ2n) is 9.89. The summed E-state index contributed by atoms with van der Waals surface area (Å²) in [5.41, 5.74) is 0.452. The number of rotatable bonds is 9. The van der Waals surface area contributed by atoms with Crippen molar-refractivity contribution in [1.82, 2.24) is 14.8 Å². The van der Waals surface area contributed by atoms with Crippen LogP contribution < -0.4 is 0 Å². The van der Waals surface area contributed by atoms with Gasteiger partial charge in [-0.2, -0.15) is 0 Å². The summed E-state index contributed by atoms with van der Waals surface area (Å²) in [6.45, 7) is 0.278. The van der Waals surface area contributed by atoms with Crippen LogP contribution in [0.25, 0.3) is 0 Å². The van der Waals surface area contributed by atoms with Gasteiger partial charge in [0.1, 0.15) is 0 Å². The smallest absolute Gasteiger partial charge is 0.240 e. The van der Waals surface area contributed by atoms with Crippen molar-refractivity contribution in [2.75, 3.05) is 13.6 Å². The van der Waals surface area contributed by atoms with Crippen LogP contribution in [0.5, 0.6) is 0 Å². The number of carbonyl (C=O) groups excluding carboxylic acids is 3. The zero-order valence-corrected chi connectivity index (χ0v) is 19.2. The van der Waals surface area contributed by atoms with Gasteiger partial charge in [-0.25, -0.2) is 0 Å². The molecule has 6 nitrogen and oxygen atoms in total. The van der Waals surface area contributed by atoms with Gasteiger partial charge in [0, 0.05) is 50.8 Å². The number of aromatic nitrogens is 1. The largest absolute Gasteiger partial charge is 0.342 e. The molecule has 3 fully saturated rings. The molecule has 1 aromatic heterocycles. The molecule has 33 heavy (non-hydrogen) atoms. The van der Waals surface area contributed by atoms with Crippen molar-refractivity contribution in [2.24, 2.45) is 11.8 Å². The zero-order valence-electron chi connectivity index (χ0n) is 19.2. The van der Waals surface area contributed by atoms with E-state index in [0.717, 1.165) is 11.3 Å². The molecule has 0 bridgehead atoms. The van der Waals surface area contributed by atoms with E-state index in [1.165, 1.54) is 30.6 Å². The van der Waals surface area contributed by atoms with Gasteiger partial charge in [0.05, 0.1) is 5.41 Å². The van der Waals surface area contributed by atoms with Crippen LogP contribution in [0.4, 0.5) is 0 Å². The van der Waals surface area contributed by atoms with Crippen LogP contribution in [0.15, 0.2) is 54.7 Å². The molecular weight excluding hydrogens is 414 g/mol. The Bertz CT molecular complexity index is 1020. The molecule has 0 radical (unpaired) electrons. The van der Waals surface area contributed by atoms with E-state index in [0.29, 0.717) is 18.3 Å². The first-order valence-corrected chi connectivity index (χ1v) is 12.1. The van der Waals surface area contributed by atoms with Crippen molar-refractivity contribution in [1.29, 1.82) is 0 Å². The van der Waals surface area contributed by atoms with E-state index in [1.807, 2.05) is 60.5 Å². The summed E-state index contributed by atoms with van der Waals surface area (Å²) in [6.07, 6.45) is 7.01. The number of benzene rings is 1. The van der Waals surface area contributed by atoms with Gasteiger partial charge < -0.3 is 4.90 Å². The van der Waals surface area contributed by atoms with E-state index >= 15 is 0 Å². The highest BCUT2D eigenvalue weighted by atomic mass is 16.2. The van der Waals surface area contributed by atoms with Crippen molar-refractivity contribution in [3.05, 3.63) is 66.0 Å². The number of pyridine rings is 1. The molecular formula is C27H31N3O3. The van der Waals surface area contributed by atoms with Crippen LogP contribution in [0.1, 0.15) is 49.8 Å². The van der Waals surface area contributed by atoms with Gasteiger partial charge in [-0.05, 0) is 55.2 Å². The Labute approximate surface area is 195 Å². The van der Waals surface area contributed by atoms with E-state index in [1.54, 1.807) is 6.20 Å². The molecule has 1 atom stereocenters. The lowest BCUT2D eigenvalue weighted by molar-refractivity contribution is -0.143. The summed E-state index contributed by atoms with van der Waals surface area (Å²) in [4.78, 5) is 48.0. The number of hydrogen-bond donors (Lipinski definition) is 0. The van der Waals surface area contributed by atoms with Gasteiger partial charge in [0.25, 0.3) is 0 Å². The highest BCUT2D eigenvalue weighted by Gasteiger charge is 2.54. The fourth-order valence-electron chi connectivity index (χ4n) is 5.46. The molecule has 6 heteroatoms. The zero-order chi connectivity index (χ0) is 23.0. The number of likely N-dealkylation sites (tertiary alicyclic amines) is 1. The van der Waals surface area contributed by atoms with Crippen LogP contribution >= 0.6 is 0 Å². The van der Waals surface area contributed by atoms with Crippen LogP contribution in [0.3, 0.4) is 0 Å². The lowest BCUT2D eigenvalue weighted by Gasteiger charge is -2.33. The standard InChI is InChI=1S/C27H31N3O3/c1-29(25(19-10-11-19)20-12-13-20)23(31)17-27(21-7-3-2-4-8-21)18-24(32)30(26(27)33)16-14-22-9-5-6-15-28-22/h2-9,15,19-20,25H,10-14,16-18H2,1H3/t27-/m1/s1. The Balaban J connectivity index is 1.39. The molecule has 0 unspecified atom stereocenters. The summed E-state index contributed by atoms with van der Waals surface area (Å²) in [5, 5.41) is 0. The normalized spacial score (nSPS) is 22.8. The van der Waals surface area contributed by atoms with Crippen molar-refractivity contribution in [3.8, 4) is 0 Å². The average molecular weight is 446 g/mol. The molecule has 2 aromatic rings. The molecule has 1 aliphatic heterocycles. The molecule has 0 N–H and O–H groups in total. The summed E-state index contributed by atoms with van der Waals surface area (Å²) in [6, 6.07) is 15.3. The molecule has 172 valence electrons. The predicted octanol–water partition coefficient (Wildman–Crippen LogP) is 3.36. The Morgan fingerprint density at radius 1 is 1.06 bits per heavy atom. The molecule has 3 aliphatic rings. The molecule has 1 aromatic carbocycles. The third-order valence-corrected chi connectivity index (χ3v) is 7.56. The minimum Gasteiger partial charge on any atom is -0.342 e. The van der Waals surface area contributed by atoms with E-state index in [2.05, 4.69) is 4.98 Å². The monoisotopic (exact) mass is 445 g/mol. The molecule has 5 rings (SSSR count). The molecule has 2 saturated carbocycles. The van der Waals surface area contributed by atoms with Crippen LogP contribution in [-0.4, -0.2) is 52.1 Å². The highest BCUT2D eigenvalue weighted by Crippen LogP contribution is 2.48. The first-order chi connectivity index (χ1) is 16.0. The van der Waals surface area contributed by atoms with E-state index in [9.17, 15) is 14.4 Å². The Hall–Kier alpha value is -3.02. The minimum absolute atomic E-state index is 0.0321. The first kappa shape index (κ1) is 21.8. The van der Waals surface area contributed by atoms with Crippen molar-refractivity contribution in [3.63, 3.8) is 0 Å². The van der Waals surface area contributed by atoms with E-state index in [-0.39, 0.29) is 43.1 Å². The third kappa shape index (κ3) is 4.31. The van der Waals surface area contributed by atoms with Gasteiger partial charge in [0.15, 0.2) is 0 Å². The maximum Gasteiger partial charge on any atom is 0.240 e. The van der Waals surface area contributed by atoms with E-state index in [4.69, 9.17) is 0 Å². The van der Waals surface area contributed by atoms with Crippen LogP contribution in [0.2, 0.25) is 0 Å². The fourth-order valence-corrected chi connectivity index (χ4v) is 5.46. The van der Waals surface area contributed by atoms with Crippen molar-refractivity contribution >= 4 is 17.7 Å². The Kier molecular flexibility index (Phi) is 5.77. The lowest BCUT2D eigenvalue weighted by atomic mass is 9.75. The number of carbonyl (C=O) groups is 3. The van der Waals surface area contributed by atoms with Gasteiger partial charge in [-0.15, -0.1) is 0 Å². The van der Waals surface area contributed by atoms with Gasteiger partial charge in [0.2, 0.25) is 17.7 Å². The molecule has 2 heterocycles. The maximum atomic E-state index is 13.8. The van der Waals surface area contributed by atoms with Crippen LogP contribution in [-0.2, 0) is 26.2 Å². The second kappa shape index (κ2) is 8.73. The van der Waals surface area contributed by atoms with Crippen molar-refractivity contribution < 1.29 is 14.4 Å². The summed E-state index contributed by atoms with van der Waals surface area (Å²) < 4.78 is 0. The molecule has 3 amide bonds. The Morgan fingerprint density at radius 2 is 1.73 bits per heavy atom. The molecule has 1 saturated heterocycles. The minimum atomic E-state index is -1.13. The second-order valence-corrected chi connectivity index (χ2v) is 9.89. The Morgan fingerprint density at radius 3 is 2.33 bits per heavy atom. The molecule has 2 aliphatic carbocycles. The van der Waals surface area contributed by atoms with Gasteiger partial charge >= 0.3 is 0 Å². The summed E-state index contributed by atoms with van der Waals surface area (Å²) >= 11 is 0. The fraction of sp³-hybridized carbons (Fsp3) is 0.481. The summed E-state index contributed by atoms with van der Waals surface area (Å²) in [7, 11) is 1.89. The number of imide groups is 1. The predicted molar refractivity (Wildman–Crippen MR) is 124 cm³/mol. The highest BCUT2D eigenvalue weighted by molar-refractivity contribution is 6.10. The van der Waals surface area contributed by atoms with E-state index < -0.39 is 5.41 Å². The van der Waals surface area contributed by atoms with Gasteiger partial charge in [-0.3, -0.25) is 24.3 Å². The maximum absolute atomic E-state index is 13.8.